The highest BCUT2D eigenvalue weighted by Gasteiger charge is 2.39. The maximum Gasteiger partial charge on any atom is 0.113 e. The second-order valence-electron chi connectivity index (χ2n) is 3.65. The number of benzene rings is 1. The molecule has 1 fully saturated rings. The van der Waals surface area contributed by atoms with Crippen LogP contribution < -0.4 is 5.73 Å². The van der Waals surface area contributed by atoms with E-state index in [0.29, 0.717) is 6.61 Å². The van der Waals surface area contributed by atoms with Crippen LogP contribution >= 0.6 is 12.0 Å². The maximum absolute atomic E-state index is 5.56. The van der Waals surface area contributed by atoms with Gasteiger partial charge in [-0.05, 0) is 31.2 Å². The van der Waals surface area contributed by atoms with Crippen LogP contribution in [0.5, 0.6) is 0 Å². The number of epoxide rings is 1. The van der Waals surface area contributed by atoms with Gasteiger partial charge in [-0.2, -0.15) is 0 Å². The Labute approximate surface area is 87.8 Å². The first-order valence-corrected chi connectivity index (χ1v) is 5.21. The van der Waals surface area contributed by atoms with Gasteiger partial charge >= 0.3 is 0 Å². The zero-order chi connectivity index (χ0) is 10.0. The van der Waals surface area contributed by atoms with Crippen molar-refractivity contribution in [3.63, 3.8) is 0 Å². The normalized spacial score (nSPS) is 24.9. The number of hydrogen-bond acceptors (Lipinski definition) is 4. The minimum atomic E-state index is -0.0409. The van der Waals surface area contributed by atoms with Crippen molar-refractivity contribution in [3.05, 3.63) is 24.3 Å². The minimum Gasteiger partial charge on any atom is -0.399 e. The van der Waals surface area contributed by atoms with Crippen molar-refractivity contribution < 1.29 is 8.92 Å². The molecule has 0 saturated carbocycles. The van der Waals surface area contributed by atoms with Gasteiger partial charge in [-0.3, -0.25) is 0 Å². The van der Waals surface area contributed by atoms with Gasteiger partial charge in [0.05, 0.1) is 13.2 Å². The average molecular weight is 211 g/mol. The number of rotatable bonds is 4. The van der Waals surface area contributed by atoms with Gasteiger partial charge in [0.2, 0.25) is 0 Å². The van der Waals surface area contributed by atoms with E-state index in [1.54, 1.807) is 0 Å². The van der Waals surface area contributed by atoms with Crippen LogP contribution in [0.3, 0.4) is 0 Å². The highest BCUT2D eigenvalue weighted by molar-refractivity contribution is 7.94. The summed E-state index contributed by atoms with van der Waals surface area (Å²) >= 11 is 1.36. The van der Waals surface area contributed by atoms with Gasteiger partial charge in [-0.25, -0.2) is 0 Å². The Morgan fingerprint density at radius 3 is 2.71 bits per heavy atom. The van der Waals surface area contributed by atoms with E-state index in [9.17, 15) is 0 Å². The third kappa shape index (κ3) is 2.64. The molecule has 1 aliphatic heterocycles. The zero-order valence-corrected chi connectivity index (χ0v) is 8.84. The molecule has 14 heavy (non-hydrogen) atoms. The first kappa shape index (κ1) is 9.83. The lowest BCUT2D eigenvalue weighted by molar-refractivity contribution is 0.225. The van der Waals surface area contributed by atoms with E-state index in [1.165, 1.54) is 12.0 Å². The molecule has 0 amide bonds. The van der Waals surface area contributed by atoms with Crippen LogP contribution in [0.25, 0.3) is 0 Å². The van der Waals surface area contributed by atoms with Crippen molar-refractivity contribution in [2.45, 2.75) is 17.4 Å². The molecule has 1 aromatic carbocycles. The Morgan fingerprint density at radius 1 is 1.50 bits per heavy atom. The van der Waals surface area contributed by atoms with Crippen LogP contribution in [-0.2, 0) is 8.92 Å². The number of nitrogen functional groups attached to an aromatic ring is 1. The highest BCUT2D eigenvalue weighted by atomic mass is 32.2. The molecular weight excluding hydrogens is 198 g/mol. The minimum absolute atomic E-state index is 0.0409. The molecule has 0 aliphatic carbocycles. The Hall–Kier alpha value is -0.710. The molecule has 0 unspecified atom stereocenters. The quantitative estimate of drug-likeness (QED) is 0.470. The van der Waals surface area contributed by atoms with Crippen LogP contribution in [-0.4, -0.2) is 18.8 Å². The Kier molecular flexibility index (Phi) is 2.67. The first-order chi connectivity index (χ1) is 6.68. The van der Waals surface area contributed by atoms with E-state index >= 15 is 0 Å². The van der Waals surface area contributed by atoms with E-state index in [2.05, 4.69) is 0 Å². The summed E-state index contributed by atoms with van der Waals surface area (Å²) in [4.78, 5) is 1.06. The Balaban J connectivity index is 1.77. The fraction of sp³-hybridized carbons (Fsp3) is 0.400. The number of nitrogens with two attached hydrogens (primary N) is 1. The van der Waals surface area contributed by atoms with Crippen molar-refractivity contribution in [1.82, 2.24) is 0 Å². The van der Waals surface area contributed by atoms with Crippen LogP contribution in [0.1, 0.15) is 6.92 Å². The summed E-state index contributed by atoms with van der Waals surface area (Å²) in [5.41, 5.74) is 6.29. The maximum atomic E-state index is 5.56. The summed E-state index contributed by atoms with van der Waals surface area (Å²) in [5.74, 6) is 0. The predicted octanol–water partition coefficient (Wildman–Crippen LogP) is 2.08. The molecule has 0 radical (unpaired) electrons. The number of ether oxygens (including phenoxy) is 1. The van der Waals surface area contributed by atoms with Crippen molar-refractivity contribution in [3.8, 4) is 0 Å². The third-order valence-corrected chi connectivity index (χ3v) is 2.74. The van der Waals surface area contributed by atoms with Crippen LogP contribution in [0.4, 0.5) is 5.69 Å². The molecular formula is C10H13NO2S. The third-order valence-electron chi connectivity index (χ3n) is 2.04. The van der Waals surface area contributed by atoms with Crippen molar-refractivity contribution in [1.29, 1.82) is 0 Å². The molecule has 0 bridgehead atoms. The standard InChI is InChI=1S/C10H13NO2S/c1-10(6-12-10)7-13-14-9-4-2-8(11)3-5-9/h2-5H,6-7,11H2,1H3/t10-/m1/s1. The molecule has 0 aromatic heterocycles. The van der Waals surface area contributed by atoms with Crippen molar-refractivity contribution in [2.75, 3.05) is 18.9 Å². The average Bonchev–Trinajstić information content (AvgIpc) is 2.88. The van der Waals surface area contributed by atoms with Crippen LogP contribution in [0.2, 0.25) is 0 Å². The van der Waals surface area contributed by atoms with Gasteiger partial charge in [-0.15, -0.1) is 0 Å². The van der Waals surface area contributed by atoms with Crippen molar-refractivity contribution in [2.24, 2.45) is 0 Å². The SMILES string of the molecule is C[C@]1(COSc2ccc(N)cc2)CO1. The van der Waals surface area contributed by atoms with Crippen LogP contribution in [0, 0.1) is 0 Å². The van der Waals surface area contributed by atoms with Gasteiger partial charge in [0.1, 0.15) is 5.60 Å². The van der Waals surface area contributed by atoms with E-state index in [1.807, 2.05) is 31.2 Å². The molecule has 1 aliphatic rings. The van der Waals surface area contributed by atoms with E-state index < -0.39 is 0 Å². The van der Waals surface area contributed by atoms with Crippen LogP contribution in [0.15, 0.2) is 29.2 Å². The van der Waals surface area contributed by atoms with E-state index in [4.69, 9.17) is 14.7 Å². The lowest BCUT2D eigenvalue weighted by Crippen LogP contribution is -2.11. The summed E-state index contributed by atoms with van der Waals surface area (Å²) in [5, 5.41) is 0. The molecule has 4 heteroatoms. The summed E-state index contributed by atoms with van der Waals surface area (Å²) < 4.78 is 10.6. The molecule has 1 atom stereocenters. The Bertz CT molecular complexity index is 308. The summed E-state index contributed by atoms with van der Waals surface area (Å²) in [7, 11) is 0. The van der Waals surface area contributed by atoms with Gasteiger partial charge in [0.15, 0.2) is 0 Å². The highest BCUT2D eigenvalue weighted by Crippen LogP contribution is 2.29. The van der Waals surface area contributed by atoms with Gasteiger partial charge < -0.3 is 14.7 Å². The summed E-state index contributed by atoms with van der Waals surface area (Å²) in [6.07, 6.45) is 0. The molecule has 1 saturated heterocycles. The molecule has 1 heterocycles. The second-order valence-corrected chi connectivity index (χ2v) is 4.53. The van der Waals surface area contributed by atoms with E-state index in [-0.39, 0.29) is 5.60 Å². The zero-order valence-electron chi connectivity index (χ0n) is 8.03. The smallest absolute Gasteiger partial charge is 0.113 e. The number of hydrogen-bond donors (Lipinski definition) is 1. The lowest BCUT2D eigenvalue weighted by Gasteiger charge is -2.05. The van der Waals surface area contributed by atoms with Gasteiger partial charge in [0.25, 0.3) is 0 Å². The lowest BCUT2D eigenvalue weighted by atomic mass is 10.2. The van der Waals surface area contributed by atoms with Gasteiger partial charge in [0, 0.05) is 22.6 Å². The molecule has 0 spiro atoms. The molecule has 2 rings (SSSR count). The van der Waals surface area contributed by atoms with E-state index in [0.717, 1.165) is 17.2 Å². The largest absolute Gasteiger partial charge is 0.399 e. The first-order valence-electron chi connectivity index (χ1n) is 4.47. The summed E-state index contributed by atoms with van der Waals surface area (Å²) in [6, 6.07) is 7.61. The van der Waals surface area contributed by atoms with Crippen molar-refractivity contribution >= 4 is 17.7 Å². The molecule has 76 valence electrons. The fourth-order valence-corrected chi connectivity index (χ4v) is 1.64. The molecule has 2 N–H and O–H groups in total. The number of anilines is 1. The Morgan fingerprint density at radius 2 is 2.14 bits per heavy atom. The fourth-order valence-electron chi connectivity index (χ4n) is 0.952. The monoisotopic (exact) mass is 211 g/mol. The molecule has 3 nitrogen and oxygen atoms in total. The second kappa shape index (κ2) is 3.81. The molecule has 1 aromatic rings. The summed E-state index contributed by atoms with van der Waals surface area (Å²) in [6.45, 7) is 3.47. The topological polar surface area (TPSA) is 47.8 Å². The van der Waals surface area contributed by atoms with Gasteiger partial charge in [-0.1, -0.05) is 0 Å². The predicted molar refractivity (Wildman–Crippen MR) is 57.0 cm³/mol.